The molecule has 4 rings (SSSR count). The Morgan fingerprint density at radius 3 is 2.96 bits per heavy atom. The Hall–Kier alpha value is -2.96. The van der Waals surface area contributed by atoms with Gasteiger partial charge >= 0.3 is 0 Å². The number of rotatable bonds is 3. The fraction of sp³-hybridized carbons (Fsp3) is 0.278. The van der Waals surface area contributed by atoms with E-state index >= 15 is 0 Å². The summed E-state index contributed by atoms with van der Waals surface area (Å²) in [6.45, 7) is 0. The monoisotopic (exact) mass is 340 g/mol. The highest BCUT2D eigenvalue weighted by Crippen LogP contribution is 2.29. The maximum Gasteiger partial charge on any atom is 0.273 e. The average Bonchev–Trinajstić information content (AvgIpc) is 3.24. The Morgan fingerprint density at radius 2 is 2.16 bits per heavy atom. The molecule has 1 atom stereocenters. The van der Waals surface area contributed by atoms with Gasteiger partial charge in [-0.1, -0.05) is 5.16 Å². The third-order valence-electron chi connectivity index (χ3n) is 4.55. The fourth-order valence-corrected chi connectivity index (χ4v) is 3.22. The zero-order valence-electron chi connectivity index (χ0n) is 13.7. The molecule has 0 fully saturated rings. The minimum Gasteiger partial charge on any atom is -0.355 e. The van der Waals surface area contributed by atoms with Crippen molar-refractivity contribution in [3.05, 3.63) is 59.3 Å². The molecule has 6 nitrogen and oxygen atoms in total. The van der Waals surface area contributed by atoms with Gasteiger partial charge in [0.2, 0.25) is 0 Å². The first-order valence-corrected chi connectivity index (χ1v) is 8.16. The Labute approximate surface area is 143 Å². The van der Waals surface area contributed by atoms with Gasteiger partial charge in [0, 0.05) is 29.9 Å². The van der Waals surface area contributed by atoms with Crippen LogP contribution < -0.4 is 5.32 Å². The molecule has 1 N–H and O–H groups in total. The second kappa shape index (κ2) is 6.16. The molecule has 0 radical (unpaired) electrons. The number of nitrogens with one attached hydrogen (secondary N) is 1. The predicted octanol–water partition coefficient (Wildman–Crippen LogP) is 3.02. The number of halogens is 1. The molecule has 1 aliphatic rings. The molecule has 1 aliphatic carbocycles. The van der Waals surface area contributed by atoms with E-state index in [1.807, 2.05) is 17.9 Å². The predicted molar refractivity (Wildman–Crippen MR) is 88.3 cm³/mol. The van der Waals surface area contributed by atoms with Gasteiger partial charge in [0.15, 0.2) is 11.5 Å². The second-order valence-electron chi connectivity index (χ2n) is 6.17. The van der Waals surface area contributed by atoms with Gasteiger partial charge in [0.1, 0.15) is 5.82 Å². The molecule has 7 heteroatoms. The van der Waals surface area contributed by atoms with E-state index in [0.717, 1.165) is 30.5 Å². The molecule has 1 aromatic carbocycles. The lowest BCUT2D eigenvalue weighted by molar-refractivity contribution is 0.0923. The summed E-state index contributed by atoms with van der Waals surface area (Å²) in [7, 11) is 1.91. The molecule has 0 unspecified atom stereocenters. The second-order valence-corrected chi connectivity index (χ2v) is 6.17. The van der Waals surface area contributed by atoms with Gasteiger partial charge in [-0.05, 0) is 43.5 Å². The number of nitrogens with zero attached hydrogens (tertiary/aromatic N) is 3. The summed E-state index contributed by atoms with van der Waals surface area (Å²) in [5, 5.41) is 11.1. The maximum atomic E-state index is 13.0. The zero-order chi connectivity index (χ0) is 17.4. The van der Waals surface area contributed by atoms with Crippen molar-refractivity contribution in [3.8, 4) is 11.3 Å². The van der Waals surface area contributed by atoms with Crippen molar-refractivity contribution >= 4 is 5.91 Å². The summed E-state index contributed by atoms with van der Waals surface area (Å²) in [6, 6.07) is 7.33. The number of carbonyl (C=O) groups excluding carboxylic acids is 1. The number of hydrogen-bond acceptors (Lipinski definition) is 4. The molecule has 0 saturated heterocycles. The number of amides is 1. The summed E-state index contributed by atoms with van der Waals surface area (Å²) in [4.78, 5) is 12.5. The van der Waals surface area contributed by atoms with Crippen molar-refractivity contribution in [2.75, 3.05) is 0 Å². The summed E-state index contributed by atoms with van der Waals surface area (Å²) < 4.78 is 20.1. The Bertz CT molecular complexity index is 914. The van der Waals surface area contributed by atoms with E-state index in [1.165, 1.54) is 12.1 Å². The van der Waals surface area contributed by atoms with Crippen LogP contribution in [0.4, 0.5) is 4.39 Å². The number of fused-ring (bicyclic) bond motifs is 1. The normalized spacial score (nSPS) is 16.5. The topological polar surface area (TPSA) is 73.0 Å². The number of benzene rings is 1. The molecule has 0 spiro atoms. The lowest BCUT2D eigenvalue weighted by Crippen LogP contribution is -2.31. The van der Waals surface area contributed by atoms with Gasteiger partial charge < -0.3 is 9.84 Å². The molecular formula is C18H17FN4O2. The molecule has 0 saturated carbocycles. The van der Waals surface area contributed by atoms with Crippen LogP contribution in [0.1, 0.15) is 40.6 Å². The highest BCUT2D eigenvalue weighted by atomic mass is 19.1. The van der Waals surface area contributed by atoms with Crippen LogP contribution in [0.3, 0.4) is 0 Å². The Morgan fingerprint density at radius 1 is 1.36 bits per heavy atom. The van der Waals surface area contributed by atoms with Gasteiger partial charge in [-0.25, -0.2) is 4.39 Å². The summed E-state index contributed by atoms with van der Waals surface area (Å²) in [6.07, 6.45) is 4.65. The number of aromatic nitrogens is 3. The molecule has 25 heavy (non-hydrogen) atoms. The van der Waals surface area contributed by atoms with Crippen molar-refractivity contribution in [2.45, 2.75) is 25.3 Å². The molecule has 0 aliphatic heterocycles. The van der Waals surface area contributed by atoms with Crippen LogP contribution in [0.5, 0.6) is 0 Å². The van der Waals surface area contributed by atoms with Crippen LogP contribution >= 0.6 is 0 Å². The van der Waals surface area contributed by atoms with Gasteiger partial charge in [0.25, 0.3) is 5.91 Å². The van der Waals surface area contributed by atoms with Crippen LogP contribution in [0, 0.1) is 5.82 Å². The molecule has 2 aromatic heterocycles. The molecular weight excluding hydrogens is 323 g/mol. The zero-order valence-corrected chi connectivity index (χ0v) is 13.7. The lowest BCUT2D eigenvalue weighted by atomic mass is 9.93. The van der Waals surface area contributed by atoms with Crippen molar-refractivity contribution in [2.24, 2.45) is 7.05 Å². The van der Waals surface area contributed by atoms with Crippen molar-refractivity contribution in [1.29, 1.82) is 0 Å². The third kappa shape index (κ3) is 2.93. The quantitative estimate of drug-likeness (QED) is 0.795. The van der Waals surface area contributed by atoms with Crippen LogP contribution in [-0.2, 0) is 13.5 Å². The standard InChI is InChI=1S/C18H17FN4O2/c1-23-16-4-2-3-14(13(16)10-20-23)21-18(24)15-9-17(25-22-15)11-5-7-12(19)8-6-11/h5-10,14H,2-4H2,1H3,(H,21,24)/t14-/m1/s1. The summed E-state index contributed by atoms with van der Waals surface area (Å²) >= 11 is 0. The van der Waals surface area contributed by atoms with E-state index in [4.69, 9.17) is 4.52 Å². The first-order valence-electron chi connectivity index (χ1n) is 8.16. The largest absolute Gasteiger partial charge is 0.355 e. The Balaban J connectivity index is 1.52. The molecule has 2 heterocycles. The van der Waals surface area contributed by atoms with E-state index in [9.17, 15) is 9.18 Å². The number of hydrogen-bond donors (Lipinski definition) is 1. The van der Waals surface area contributed by atoms with Gasteiger partial charge in [-0.2, -0.15) is 5.10 Å². The molecule has 128 valence electrons. The van der Waals surface area contributed by atoms with E-state index < -0.39 is 0 Å². The number of carbonyl (C=O) groups is 1. The van der Waals surface area contributed by atoms with Crippen LogP contribution in [0.25, 0.3) is 11.3 Å². The smallest absolute Gasteiger partial charge is 0.273 e. The van der Waals surface area contributed by atoms with E-state index in [0.29, 0.717) is 11.3 Å². The van der Waals surface area contributed by atoms with Gasteiger partial charge in [-0.15, -0.1) is 0 Å². The first kappa shape index (κ1) is 15.6. The van der Waals surface area contributed by atoms with E-state index in [1.54, 1.807) is 18.2 Å². The highest BCUT2D eigenvalue weighted by molar-refractivity contribution is 5.93. The molecule has 3 aromatic rings. The molecule has 1 amide bonds. The minimum absolute atomic E-state index is 0.0732. The fourth-order valence-electron chi connectivity index (χ4n) is 3.22. The van der Waals surface area contributed by atoms with Crippen molar-refractivity contribution < 1.29 is 13.7 Å². The SMILES string of the molecule is Cn1ncc2c1CCC[C@H]2NC(=O)c1cc(-c2ccc(F)cc2)on1. The van der Waals surface area contributed by atoms with Gasteiger partial charge in [0.05, 0.1) is 12.2 Å². The first-order chi connectivity index (χ1) is 12.1. The maximum absolute atomic E-state index is 13.0. The number of aryl methyl sites for hydroxylation is 1. The highest BCUT2D eigenvalue weighted by Gasteiger charge is 2.26. The molecule has 0 bridgehead atoms. The van der Waals surface area contributed by atoms with E-state index in [2.05, 4.69) is 15.6 Å². The summed E-state index contributed by atoms with van der Waals surface area (Å²) in [5.41, 5.74) is 3.09. The van der Waals surface area contributed by atoms with Crippen molar-refractivity contribution in [3.63, 3.8) is 0 Å². The average molecular weight is 340 g/mol. The summed E-state index contributed by atoms with van der Waals surface area (Å²) in [5.74, 6) is -0.194. The van der Waals surface area contributed by atoms with Gasteiger partial charge in [-0.3, -0.25) is 9.48 Å². The minimum atomic E-state index is -0.328. The third-order valence-corrected chi connectivity index (χ3v) is 4.55. The lowest BCUT2D eigenvalue weighted by Gasteiger charge is -2.23. The van der Waals surface area contributed by atoms with Crippen molar-refractivity contribution in [1.82, 2.24) is 20.3 Å². The van der Waals surface area contributed by atoms with Crippen LogP contribution in [0.15, 0.2) is 41.1 Å². The van der Waals surface area contributed by atoms with Crippen LogP contribution in [-0.4, -0.2) is 20.8 Å². The van der Waals surface area contributed by atoms with Crippen LogP contribution in [0.2, 0.25) is 0 Å². The Kier molecular flexibility index (Phi) is 3.83. The van der Waals surface area contributed by atoms with E-state index in [-0.39, 0.29) is 23.5 Å².